The topological polar surface area (TPSA) is 84.9 Å². The highest BCUT2D eigenvalue weighted by atomic mass is 19.1. The van der Waals surface area contributed by atoms with Gasteiger partial charge in [0.1, 0.15) is 11.6 Å². The summed E-state index contributed by atoms with van der Waals surface area (Å²) in [7, 11) is 1.51. The monoisotopic (exact) mass is 414 g/mol. The van der Waals surface area contributed by atoms with Gasteiger partial charge in [0.25, 0.3) is 5.91 Å². The number of hydrogen-bond donors (Lipinski definition) is 1. The van der Waals surface area contributed by atoms with Crippen LogP contribution < -0.4 is 15.0 Å². The van der Waals surface area contributed by atoms with Gasteiger partial charge in [-0.3, -0.25) is 14.4 Å². The van der Waals surface area contributed by atoms with Crippen LogP contribution in [0.15, 0.2) is 36.4 Å². The number of ether oxygens (including phenoxy) is 2. The number of nitrogens with one attached hydrogen (secondary N) is 1. The summed E-state index contributed by atoms with van der Waals surface area (Å²) in [6, 6.07) is 9.74. The highest BCUT2D eigenvalue weighted by Crippen LogP contribution is 2.34. The zero-order valence-corrected chi connectivity index (χ0v) is 17.0. The van der Waals surface area contributed by atoms with Gasteiger partial charge >= 0.3 is 5.97 Å². The Morgan fingerprint density at radius 3 is 2.67 bits per heavy atom. The van der Waals surface area contributed by atoms with Crippen molar-refractivity contribution in [3.63, 3.8) is 0 Å². The molecule has 0 spiro atoms. The first-order valence-electron chi connectivity index (χ1n) is 9.46. The first-order valence-corrected chi connectivity index (χ1v) is 9.46. The summed E-state index contributed by atoms with van der Waals surface area (Å²) in [6.07, 6.45) is -0.0132. The number of aryl methyl sites for hydroxylation is 2. The summed E-state index contributed by atoms with van der Waals surface area (Å²) in [6.45, 7) is 3.13. The van der Waals surface area contributed by atoms with E-state index in [1.54, 1.807) is 19.1 Å². The Bertz CT molecular complexity index is 991. The van der Waals surface area contributed by atoms with Crippen molar-refractivity contribution in [2.24, 2.45) is 5.92 Å². The average molecular weight is 414 g/mol. The number of carbonyl (C=O) groups excluding carboxylic acids is 3. The molecule has 2 amide bonds. The molecule has 1 atom stereocenters. The van der Waals surface area contributed by atoms with Gasteiger partial charge in [-0.2, -0.15) is 0 Å². The number of methoxy groups -OCH3 is 1. The highest BCUT2D eigenvalue weighted by Gasteiger charge is 2.37. The van der Waals surface area contributed by atoms with E-state index in [1.807, 2.05) is 19.1 Å². The van der Waals surface area contributed by atoms with E-state index >= 15 is 0 Å². The molecule has 0 aromatic heterocycles. The lowest BCUT2D eigenvalue weighted by Crippen LogP contribution is -2.28. The minimum atomic E-state index is -0.688. The summed E-state index contributed by atoms with van der Waals surface area (Å²) in [5.41, 5.74) is 2.28. The second-order valence-electron chi connectivity index (χ2n) is 7.20. The van der Waals surface area contributed by atoms with Crippen LogP contribution in [0.5, 0.6) is 5.75 Å². The van der Waals surface area contributed by atoms with Crippen LogP contribution in [-0.4, -0.2) is 38.0 Å². The minimum Gasteiger partial charge on any atom is -0.495 e. The lowest BCUT2D eigenvalue weighted by Gasteiger charge is -2.20. The number of carbonyl (C=O) groups is 3. The van der Waals surface area contributed by atoms with E-state index in [2.05, 4.69) is 5.32 Å². The van der Waals surface area contributed by atoms with E-state index in [-0.39, 0.29) is 24.6 Å². The average Bonchev–Trinajstić information content (AvgIpc) is 3.10. The fourth-order valence-corrected chi connectivity index (χ4v) is 3.23. The van der Waals surface area contributed by atoms with Gasteiger partial charge in [0.05, 0.1) is 18.7 Å². The SMILES string of the molecule is COc1ccc(C)cc1N1C[C@H](C(=O)OCC(=O)Nc2ccc(C)c(F)c2)CC1=O. The summed E-state index contributed by atoms with van der Waals surface area (Å²) in [5.74, 6) is -2.04. The van der Waals surface area contributed by atoms with Crippen LogP contribution in [-0.2, 0) is 19.1 Å². The van der Waals surface area contributed by atoms with Gasteiger partial charge < -0.3 is 19.7 Å². The van der Waals surface area contributed by atoms with Crippen LogP contribution in [0.2, 0.25) is 0 Å². The molecule has 7 nitrogen and oxygen atoms in total. The van der Waals surface area contributed by atoms with Gasteiger partial charge in [-0.05, 0) is 49.2 Å². The standard InChI is InChI=1S/C22H23FN2O5/c1-13-4-7-19(29-3)18(8-13)25-11-15(9-21(25)27)22(28)30-12-20(26)24-16-6-5-14(2)17(23)10-16/h4-8,10,15H,9,11-12H2,1-3H3,(H,24,26)/t15-/m1/s1. The third-order valence-electron chi connectivity index (χ3n) is 4.88. The molecule has 1 aliphatic rings. The van der Waals surface area contributed by atoms with Crippen molar-refractivity contribution in [2.75, 3.05) is 30.5 Å². The van der Waals surface area contributed by atoms with E-state index < -0.39 is 30.2 Å². The lowest BCUT2D eigenvalue weighted by atomic mass is 10.1. The Kier molecular flexibility index (Phi) is 6.34. The largest absolute Gasteiger partial charge is 0.495 e. The second-order valence-corrected chi connectivity index (χ2v) is 7.20. The second kappa shape index (κ2) is 8.94. The Labute approximate surface area is 173 Å². The van der Waals surface area contributed by atoms with Crippen LogP contribution in [0.4, 0.5) is 15.8 Å². The molecule has 30 heavy (non-hydrogen) atoms. The smallest absolute Gasteiger partial charge is 0.311 e. The molecule has 2 aromatic carbocycles. The van der Waals surface area contributed by atoms with E-state index in [1.165, 1.54) is 24.1 Å². The minimum absolute atomic E-state index is 0.0132. The summed E-state index contributed by atoms with van der Waals surface area (Å²) in [4.78, 5) is 38.3. The van der Waals surface area contributed by atoms with E-state index in [0.29, 0.717) is 17.0 Å². The summed E-state index contributed by atoms with van der Waals surface area (Å²) in [5, 5.41) is 2.47. The first kappa shape index (κ1) is 21.3. The maximum absolute atomic E-state index is 13.6. The molecule has 158 valence electrons. The highest BCUT2D eigenvalue weighted by molar-refractivity contribution is 6.01. The van der Waals surface area contributed by atoms with Gasteiger partial charge in [-0.25, -0.2) is 4.39 Å². The first-order chi connectivity index (χ1) is 14.3. The van der Waals surface area contributed by atoms with Crippen LogP contribution >= 0.6 is 0 Å². The molecule has 1 heterocycles. The zero-order chi connectivity index (χ0) is 21.8. The van der Waals surface area contributed by atoms with Crippen molar-refractivity contribution < 1.29 is 28.2 Å². The van der Waals surface area contributed by atoms with Crippen molar-refractivity contribution in [1.29, 1.82) is 0 Å². The predicted octanol–water partition coefficient (Wildman–Crippen LogP) is 2.99. The number of nitrogens with zero attached hydrogens (tertiary/aromatic N) is 1. The fourth-order valence-electron chi connectivity index (χ4n) is 3.23. The molecule has 0 bridgehead atoms. The lowest BCUT2D eigenvalue weighted by molar-refractivity contribution is -0.151. The van der Waals surface area contributed by atoms with Crippen LogP contribution in [0.3, 0.4) is 0 Å². The fraction of sp³-hybridized carbons (Fsp3) is 0.318. The normalized spacial score (nSPS) is 15.8. The quantitative estimate of drug-likeness (QED) is 0.735. The number of amides is 2. The van der Waals surface area contributed by atoms with Gasteiger partial charge in [0, 0.05) is 18.7 Å². The van der Waals surface area contributed by atoms with Crippen molar-refractivity contribution >= 4 is 29.2 Å². The van der Waals surface area contributed by atoms with Crippen molar-refractivity contribution in [3.05, 3.63) is 53.3 Å². The molecule has 1 fully saturated rings. The Morgan fingerprint density at radius 2 is 1.97 bits per heavy atom. The molecule has 0 aliphatic carbocycles. The Balaban J connectivity index is 1.57. The van der Waals surface area contributed by atoms with E-state index in [4.69, 9.17) is 9.47 Å². The Morgan fingerprint density at radius 1 is 1.20 bits per heavy atom. The Hall–Kier alpha value is -3.42. The molecule has 0 radical (unpaired) electrons. The predicted molar refractivity (Wildman–Crippen MR) is 109 cm³/mol. The molecular weight excluding hydrogens is 391 g/mol. The molecule has 1 N–H and O–H groups in total. The van der Waals surface area contributed by atoms with E-state index in [9.17, 15) is 18.8 Å². The number of hydrogen-bond acceptors (Lipinski definition) is 5. The third kappa shape index (κ3) is 4.76. The van der Waals surface area contributed by atoms with Crippen molar-refractivity contribution in [1.82, 2.24) is 0 Å². The molecular formula is C22H23FN2O5. The number of anilines is 2. The molecule has 8 heteroatoms. The molecule has 1 saturated heterocycles. The van der Waals surface area contributed by atoms with Gasteiger partial charge in [0.15, 0.2) is 6.61 Å². The number of esters is 1. The molecule has 2 aromatic rings. The van der Waals surface area contributed by atoms with Gasteiger partial charge in [-0.15, -0.1) is 0 Å². The van der Waals surface area contributed by atoms with Gasteiger partial charge in [-0.1, -0.05) is 12.1 Å². The molecule has 3 rings (SSSR count). The zero-order valence-electron chi connectivity index (χ0n) is 17.0. The van der Waals surface area contributed by atoms with Crippen LogP contribution in [0.1, 0.15) is 17.5 Å². The van der Waals surface area contributed by atoms with Crippen LogP contribution in [0, 0.1) is 25.6 Å². The van der Waals surface area contributed by atoms with E-state index in [0.717, 1.165) is 5.56 Å². The molecule has 0 saturated carbocycles. The third-order valence-corrected chi connectivity index (χ3v) is 4.88. The van der Waals surface area contributed by atoms with Crippen LogP contribution in [0.25, 0.3) is 0 Å². The molecule has 1 aliphatic heterocycles. The number of halogens is 1. The number of rotatable bonds is 6. The molecule has 0 unspecified atom stereocenters. The van der Waals surface area contributed by atoms with Crippen molar-refractivity contribution in [2.45, 2.75) is 20.3 Å². The summed E-state index contributed by atoms with van der Waals surface area (Å²) < 4.78 is 23.9. The summed E-state index contributed by atoms with van der Waals surface area (Å²) >= 11 is 0. The van der Waals surface area contributed by atoms with Gasteiger partial charge in [0.2, 0.25) is 5.91 Å². The maximum atomic E-state index is 13.6. The number of benzene rings is 2. The van der Waals surface area contributed by atoms with Crippen molar-refractivity contribution in [3.8, 4) is 5.75 Å². The maximum Gasteiger partial charge on any atom is 0.311 e.